The van der Waals surface area contributed by atoms with E-state index in [1.165, 1.54) is 0 Å². The summed E-state index contributed by atoms with van der Waals surface area (Å²) < 4.78 is 0. The Hall–Kier alpha value is -2.08. The van der Waals surface area contributed by atoms with Gasteiger partial charge >= 0.3 is 0 Å². The number of nitrogens with zero attached hydrogens (tertiary/aromatic N) is 1. The number of nitrogen functional groups attached to an aromatic ring is 1. The lowest BCUT2D eigenvalue weighted by molar-refractivity contribution is 0.0956. The van der Waals surface area contributed by atoms with Gasteiger partial charge in [0.1, 0.15) is 5.01 Å². The molecule has 1 amide bonds. The molecular formula is C13H16N4OS. The van der Waals surface area contributed by atoms with E-state index >= 15 is 0 Å². The summed E-state index contributed by atoms with van der Waals surface area (Å²) in [6.45, 7) is 3.09. The van der Waals surface area contributed by atoms with Crippen LogP contribution in [0, 0.1) is 0 Å². The Balaban J connectivity index is 2.10. The highest BCUT2D eigenvalue weighted by Crippen LogP contribution is 2.21. The van der Waals surface area contributed by atoms with Crippen LogP contribution < -0.4 is 16.4 Å². The summed E-state index contributed by atoms with van der Waals surface area (Å²) in [7, 11) is 0. The summed E-state index contributed by atoms with van der Waals surface area (Å²) in [5.41, 5.74) is 7.85. The zero-order chi connectivity index (χ0) is 13.7. The second-order valence-corrected chi connectivity index (χ2v) is 4.92. The molecule has 2 rings (SSSR count). The smallest absolute Gasteiger partial charge is 0.251 e. The molecule has 6 heteroatoms. The number of nitrogens with two attached hydrogens (primary N) is 1. The first-order valence-corrected chi connectivity index (χ1v) is 6.88. The molecule has 1 aromatic heterocycles. The van der Waals surface area contributed by atoms with E-state index in [2.05, 4.69) is 15.6 Å². The van der Waals surface area contributed by atoms with E-state index in [-0.39, 0.29) is 5.91 Å². The van der Waals surface area contributed by atoms with Crippen molar-refractivity contribution in [1.29, 1.82) is 0 Å². The summed E-state index contributed by atoms with van der Waals surface area (Å²) in [4.78, 5) is 15.9. The van der Waals surface area contributed by atoms with Crippen LogP contribution in [-0.2, 0) is 6.54 Å². The average Bonchev–Trinajstić information content (AvgIpc) is 2.91. The van der Waals surface area contributed by atoms with Gasteiger partial charge in [-0.1, -0.05) is 0 Å². The van der Waals surface area contributed by atoms with Gasteiger partial charge in [-0.2, -0.15) is 0 Å². The second-order valence-electron chi connectivity index (χ2n) is 3.94. The molecule has 0 fully saturated rings. The molecule has 0 aliphatic heterocycles. The van der Waals surface area contributed by atoms with Crippen molar-refractivity contribution in [1.82, 2.24) is 10.3 Å². The number of hydrogen-bond acceptors (Lipinski definition) is 5. The molecule has 0 saturated carbocycles. The minimum atomic E-state index is -0.0974. The number of aromatic nitrogens is 1. The molecule has 0 atom stereocenters. The number of amides is 1. The number of carbonyl (C=O) groups excluding carboxylic acids is 1. The van der Waals surface area contributed by atoms with Crippen LogP contribution in [0.2, 0.25) is 0 Å². The fraction of sp³-hybridized carbons (Fsp3) is 0.231. The van der Waals surface area contributed by atoms with Crippen molar-refractivity contribution in [3.63, 3.8) is 0 Å². The Morgan fingerprint density at radius 1 is 1.47 bits per heavy atom. The molecule has 0 unspecified atom stereocenters. The molecule has 19 heavy (non-hydrogen) atoms. The number of anilines is 2. The molecule has 0 spiro atoms. The second kappa shape index (κ2) is 6.19. The molecular weight excluding hydrogens is 260 g/mol. The normalized spacial score (nSPS) is 10.2. The van der Waals surface area contributed by atoms with Crippen molar-refractivity contribution < 1.29 is 4.79 Å². The number of rotatable bonds is 5. The topological polar surface area (TPSA) is 80.0 Å². The van der Waals surface area contributed by atoms with Crippen LogP contribution in [0.3, 0.4) is 0 Å². The summed E-state index contributed by atoms with van der Waals surface area (Å²) in [5, 5.41) is 8.85. The Morgan fingerprint density at radius 3 is 3.00 bits per heavy atom. The van der Waals surface area contributed by atoms with E-state index in [4.69, 9.17) is 5.73 Å². The minimum Gasteiger partial charge on any atom is -0.397 e. The van der Waals surface area contributed by atoms with Crippen LogP contribution in [0.1, 0.15) is 22.3 Å². The summed E-state index contributed by atoms with van der Waals surface area (Å²) >= 11 is 1.57. The lowest BCUT2D eigenvalue weighted by Gasteiger charge is -2.10. The highest BCUT2D eigenvalue weighted by Gasteiger charge is 2.07. The molecule has 0 aliphatic carbocycles. The fourth-order valence-corrected chi connectivity index (χ4v) is 2.18. The average molecular weight is 276 g/mol. The predicted octanol–water partition coefficient (Wildman–Crippen LogP) is 2.09. The van der Waals surface area contributed by atoms with E-state index in [9.17, 15) is 4.79 Å². The first kappa shape index (κ1) is 13.4. The number of benzene rings is 1. The van der Waals surface area contributed by atoms with Gasteiger partial charge in [-0.25, -0.2) is 4.98 Å². The molecule has 4 N–H and O–H groups in total. The summed E-state index contributed by atoms with van der Waals surface area (Å²) in [5.74, 6) is -0.0974. The Labute approximate surface area is 115 Å². The highest BCUT2D eigenvalue weighted by molar-refractivity contribution is 7.09. The van der Waals surface area contributed by atoms with E-state index in [0.29, 0.717) is 24.3 Å². The molecule has 0 bridgehead atoms. The van der Waals surface area contributed by atoms with Gasteiger partial charge in [-0.3, -0.25) is 4.79 Å². The fourth-order valence-electron chi connectivity index (χ4n) is 1.62. The van der Waals surface area contributed by atoms with E-state index in [0.717, 1.165) is 10.7 Å². The van der Waals surface area contributed by atoms with Crippen molar-refractivity contribution in [3.05, 3.63) is 40.3 Å². The van der Waals surface area contributed by atoms with Crippen molar-refractivity contribution in [2.24, 2.45) is 0 Å². The largest absolute Gasteiger partial charge is 0.397 e. The van der Waals surface area contributed by atoms with Crippen LogP contribution in [0.15, 0.2) is 29.8 Å². The maximum Gasteiger partial charge on any atom is 0.251 e. The SMILES string of the molecule is CCNC(=O)c1ccc(N)c(NCc2nccs2)c1. The first-order chi connectivity index (χ1) is 9.20. The minimum absolute atomic E-state index is 0.0974. The maximum absolute atomic E-state index is 11.8. The van der Waals surface area contributed by atoms with E-state index < -0.39 is 0 Å². The van der Waals surface area contributed by atoms with Crippen LogP contribution >= 0.6 is 11.3 Å². The molecule has 0 aliphatic rings. The molecule has 1 aromatic carbocycles. The Kier molecular flexibility index (Phi) is 4.35. The summed E-state index contributed by atoms with van der Waals surface area (Å²) in [6, 6.07) is 5.21. The standard InChI is InChI=1S/C13H16N4OS/c1-2-15-13(18)9-3-4-10(14)11(7-9)17-8-12-16-5-6-19-12/h3-7,17H,2,8,14H2,1H3,(H,15,18). The molecule has 100 valence electrons. The number of nitrogens with one attached hydrogen (secondary N) is 2. The zero-order valence-electron chi connectivity index (χ0n) is 10.6. The van der Waals surface area contributed by atoms with Gasteiger partial charge in [0.15, 0.2) is 0 Å². The van der Waals surface area contributed by atoms with Crippen molar-refractivity contribution in [2.45, 2.75) is 13.5 Å². The quantitative estimate of drug-likeness (QED) is 0.730. The van der Waals surface area contributed by atoms with Crippen LogP contribution in [0.5, 0.6) is 0 Å². The predicted molar refractivity (Wildman–Crippen MR) is 78.3 cm³/mol. The van der Waals surface area contributed by atoms with Crippen LogP contribution in [0.4, 0.5) is 11.4 Å². The van der Waals surface area contributed by atoms with Gasteiger partial charge < -0.3 is 16.4 Å². The molecule has 5 nitrogen and oxygen atoms in total. The van der Waals surface area contributed by atoms with E-state index in [1.807, 2.05) is 12.3 Å². The lowest BCUT2D eigenvalue weighted by Crippen LogP contribution is -2.22. The third-order valence-corrected chi connectivity index (χ3v) is 3.35. The monoisotopic (exact) mass is 276 g/mol. The third-order valence-electron chi connectivity index (χ3n) is 2.57. The van der Waals surface area contributed by atoms with Crippen molar-refractivity contribution in [2.75, 3.05) is 17.6 Å². The number of thiazole rings is 1. The van der Waals surface area contributed by atoms with Gasteiger partial charge in [0.05, 0.1) is 17.9 Å². The molecule has 2 aromatic rings. The van der Waals surface area contributed by atoms with E-state index in [1.54, 1.807) is 35.7 Å². The Morgan fingerprint density at radius 2 is 2.32 bits per heavy atom. The van der Waals surface area contributed by atoms with Crippen LogP contribution in [-0.4, -0.2) is 17.4 Å². The number of carbonyl (C=O) groups is 1. The van der Waals surface area contributed by atoms with Gasteiger partial charge in [0, 0.05) is 23.7 Å². The van der Waals surface area contributed by atoms with Gasteiger partial charge in [-0.05, 0) is 25.1 Å². The molecule has 0 saturated heterocycles. The van der Waals surface area contributed by atoms with Gasteiger partial charge in [0.2, 0.25) is 0 Å². The third kappa shape index (κ3) is 3.45. The van der Waals surface area contributed by atoms with Crippen molar-refractivity contribution >= 4 is 28.6 Å². The van der Waals surface area contributed by atoms with Gasteiger partial charge in [-0.15, -0.1) is 11.3 Å². The number of hydrogen-bond donors (Lipinski definition) is 3. The Bertz CT molecular complexity index is 554. The maximum atomic E-state index is 11.8. The molecule has 0 radical (unpaired) electrons. The van der Waals surface area contributed by atoms with Crippen molar-refractivity contribution in [3.8, 4) is 0 Å². The van der Waals surface area contributed by atoms with Gasteiger partial charge in [0.25, 0.3) is 5.91 Å². The zero-order valence-corrected chi connectivity index (χ0v) is 11.5. The molecule has 1 heterocycles. The lowest BCUT2D eigenvalue weighted by atomic mass is 10.1. The first-order valence-electron chi connectivity index (χ1n) is 6.00. The highest BCUT2D eigenvalue weighted by atomic mass is 32.1. The van der Waals surface area contributed by atoms with Crippen LogP contribution in [0.25, 0.3) is 0 Å². The summed E-state index contributed by atoms with van der Waals surface area (Å²) in [6.07, 6.45) is 1.76.